The largest absolute Gasteiger partial charge is 0.335 e. The Bertz CT molecular complexity index is 1750. The first kappa shape index (κ1) is 20.4. The number of carbonyl (C=O) groups excluding carboxylic acids is 1. The molecule has 1 fully saturated rings. The number of hydrogen-bond acceptors (Lipinski definition) is 7. The second-order valence-electron chi connectivity index (χ2n) is 8.83. The summed E-state index contributed by atoms with van der Waals surface area (Å²) in [6, 6.07) is 7.77. The van der Waals surface area contributed by atoms with Crippen molar-refractivity contribution in [3.05, 3.63) is 67.6 Å². The Morgan fingerprint density at radius 3 is 2.67 bits per heavy atom. The molecule has 174 valence electrons. The summed E-state index contributed by atoms with van der Waals surface area (Å²) in [7, 11) is 0. The topological polar surface area (TPSA) is 138 Å². The summed E-state index contributed by atoms with van der Waals surface area (Å²) in [6.45, 7) is 0. The zero-order chi connectivity index (χ0) is 24.1. The zero-order valence-corrected chi connectivity index (χ0v) is 18.9. The molecule has 36 heavy (non-hydrogen) atoms. The number of aromatic amines is 2. The third-order valence-corrected chi connectivity index (χ3v) is 6.30. The van der Waals surface area contributed by atoms with Crippen molar-refractivity contribution in [1.82, 2.24) is 40.1 Å². The van der Waals surface area contributed by atoms with E-state index in [1.165, 1.54) is 0 Å². The summed E-state index contributed by atoms with van der Waals surface area (Å²) >= 11 is 0. The standard InChI is InChI=1S/C26H19N9O/c36-26(14-3-4-14)31-18-6-16(9-28-11-18)17-7-19-23(34-35-24(19)30-10-17)25-32-21-13-29-12-20(22(21)33-25)15-2-1-5-27-8-15/h1-2,5-14H,3-4H2,(H,31,36)(H,32,33)(H,30,34,35). The fourth-order valence-corrected chi connectivity index (χ4v) is 4.28. The van der Waals surface area contributed by atoms with Gasteiger partial charge in [0.05, 0.1) is 29.0 Å². The number of aromatic nitrogens is 8. The van der Waals surface area contributed by atoms with Crippen LogP contribution in [0.15, 0.2) is 67.6 Å². The lowest BCUT2D eigenvalue weighted by molar-refractivity contribution is -0.117. The molecule has 0 saturated heterocycles. The van der Waals surface area contributed by atoms with Crippen LogP contribution in [-0.4, -0.2) is 46.0 Å². The Hall–Kier alpha value is -4.99. The minimum Gasteiger partial charge on any atom is -0.335 e. The molecule has 10 nitrogen and oxygen atoms in total. The quantitative estimate of drug-likeness (QED) is 0.338. The second-order valence-corrected chi connectivity index (χ2v) is 8.83. The monoisotopic (exact) mass is 473 g/mol. The first-order valence-corrected chi connectivity index (χ1v) is 11.6. The molecule has 0 atom stereocenters. The van der Waals surface area contributed by atoms with E-state index in [9.17, 15) is 4.79 Å². The van der Waals surface area contributed by atoms with Gasteiger partial charge in [0.2, 0.25) is 5.91 Å². The molecule has 10 heteroatoms. The molecular weight excluding hydrogens is 454 g/mol. The van der Waals surface area contributed by atoms with E-state index in [1.807, 2.05) is 24.3 Å². The molecule has 0 aromatic carbocycles. The summed E-state index contributed by atoms with van der Waals surface area (Å²) in [5, 5.41) is 11.2. The highest BCUT2D eigenvalue weighted by Gasteiger charge is 2.29. The van der Waals surface area contributed by atoms with E-state index in [4.69, 9.17) is 4.98 Å². The predicted octanol–water partition coefficient (Wildman–Crippen LogP) is 4.37. The molecule has 7 rings (SSSR count). The first-order valence-electron chi connectivity index (χ1n) is 11.6. The molecule has 3 N–H and O–H groups in total. The summed E-state index contributed by atoms with van der Waals surface area (Å²) in [5.74, 6) is 0.802. The average Bonchev–Trinajstić information content (AvgIpc) is 3.55. The number of nitrogens with zero attached hydrogens (tertiary/aromatic N) is 6. The highest BCUT2D eigenvalue weighted by atomic mass is 16.2. The van der Waals surface area contributed by atoms with E-state index < -0.39 is 0 Å². The van der Waals surface area contributed by atoms with Gasteiger partial charge < -0.3 is 10.3 Å². The van der Waals surface area contributed by atoms with Gasteiger partial charge in [-0.05, 0) is 31.0 Å². The average molecular weight is 474 g/mol. The molecule has 6 heterocycles. The molecule has 1 aliphatic rings. The number of fused-ring (bicyclic) bond motifs is 2. The Labute approximate surface area is 204 Å². The smallest absolute Gasteiger partial charge is 0.227 e. The third-order valence-electron chi connectivity index (χ3n) is 6.30. The Balaban J connectivity index is 1.28. The molecule has 0 radical (unpaired) electrons. The number of hydrogen-bond donors (Lipinski definition) is 3. The van der Waals surface area contributed by atoms with Gasteiger partial charge in [0.25, 0.3) is 0 Å². The SMILES string of the molecule is O=C(Nc1cncc(-c2cnc3n[nH]c(-c4nc5c(-c6cccnc6)cncc5[nH]4)c3c2)c1)C1CC1. The number of nitrogens with one attached hydrogen (secondary N) is 3. The molecule has 6 aromatic rings. The van der Waals surface area contributed by atoms with Crippen molar-refractivity contribution in [2.24, 2.45) is 5.92 Å². The molecule has 1 amide bonds. The maximum atomic E-state index is 12.2. The van der Waals surface area contributed by atoms with Crippen molar-refractivity contribution in [3.8, 4) is 33.8 Å². The number of amides is 1. The molecule has 1 aliphatic carbocycles. The summed E-state index contributed by atoms with van der Waals surface area (Å²) in [6.07, 6.45) is 14.1. The van der Waals surface area contributed by atoms with Gasteiger partial charge in [-0.2, -0.15) is 5.10 Å². The second kappa shape index (κ2) is 8.05. The summed E-state index contributed by atoms with van der Waals surface area (Å²) in [4.78, 5) is 37.8. The first-order chi connectivity index (χ1) is 17.7. The number of H-pyrrole nitrogens is 2. The van der Waals surface area contributed by atoms with Crippen molar-refractivity contribution in [3.63, 3.8) is 0 Å². The predicted molar refractivity (Wildman–Crippen MR) is 135 cm³/mol. The van der Waals surface area contributed by atoms with E-state index in [-0.39, 0.29) is 11.8 Å². The van der Waals surface area contributed by atoms with E-state index in [2.05, 4.69) is 40.4 Å². The maximum Gasteiger partial charge on any atom is 0.227 e. The van der Waals surface area contributed by atoms with Crippen LogP contribution < -0.4 is 5.32 Å². The molecular formula is C26H19N9O. The van der Waals surface area contributed by atoms with Crippen LogP contribution in [-0.2, 0) is 4.79 Å². The van der Waals surface area contributed by atoms with Crippen LogP contribution in [0.4, 0.5) is 5.69 Å². The van der Waals surface area contributed by atoms with Gasteiger partial charge >= 0.3 is 0 Å². The van der Waals surface area contributed by atoms with Crippen LogP contribution in [0.1, 0.15) is 12.8 Å². The lowest BCUT2D eigenvalue weighted by atomic mass is 10.1. The molecule has 6 aromatic heterocycles. The van der Waals surface area contributed by atoms with Gasteiger partial charge in [-0.3, -0.25) is 24.8 Å². The Morgan fingerprint density at radius 1 is 0.944 bits per heavy atom. The zero-order valence-electron chi connectivity index (χ0n) is 18.9. The molecule has 0 unspecified atom stereocenters. The molecule has 0 bridgehead atoms. The minimum atomic E-state index is 0.0460. The lowest BCUT2D eigenvalue weighted by Gasteiger charge is -2.06. The van der Waals surface area contributed by atoms with E-state index in [0.29, 0.717) is 17.2 Å². The Kier molecular flexibility index (Phi) is 4.56. The van der Waals surface area contributed by atoms with E-state index in [1.54, 1.807) is 43.4 Å². The van der Waals surface area contributed by atoms with Crippen LogP contribution in [0.5, 0.6) is 0 Å². The fraction of sp³-hybridized carbons (Fsp3) is 0.115. The minimum absolute atomic E-state index is 0.0460. The van der Waals surface area contributed by atoms with Crippen LogP contribution in [0.2, 0.25) is 0 Å². The highest BCUT2D eigenvalue weighted by Crippen LogP contribution is 2.33. The highest BCUT2D eigenvalue weighted by molar-refractivity contribution is 5.97. The summed E-state index contributed by atoms with van der Waals surface area (Å²) < 4.78 is 0. The Morgan fingerprint density at radius 2 is 1.81 bits per heavy atom. The molecule has 0 aliphatic heterocycles. The normalized spacial score (nSPS) is 13.3. The lowest BCUT2D eigenvalue weighted by Crippen LogP contribution is -2.13. The molecule has 0 spiro atoms. The van der Waals surface area contributed by atoms with Gasteiger partial charge in [-0.1, -0.05) is 6.07 Å². The van der Waals surface area contributed by atoms with Gasteiger partial charge in [-0.15, -0.1) is 0 Å². The maximum absolute atomic E-state index is 12.2. The van der Waals surface area contributed by atoms with Crippen molar-refractivity contribution in [2.45, 2.75) is 12.8 Å². The number of pyridine rings is 4. The van der Waals surface area contributed by atoms with Gasteiger partial charge in [0, 0.05) is 59.2 Å². The molecule has 1 saturated carbocycles. The van der Waals surface area contributed by atoms with Crippen molar-refractivity contribution < 1.29 is 4.79 Å². The number of imidazole rings is 1. The van der Waals surface area contributed by atoms with Crippen molar-refractivity contribution >= 4 is 33.7 Å². The van der Waals surface area contributed by atoms with Crippen molar-refractivity contribution in [2.75, 3.05) is 5.32 Å². The van der Waals surface area contributed by atoms with E-state index >= 15 is 0 Å². The number of carbonyl (C=O) groups is 1. The van der Waals surface area contributed by atoms with E-state index in [0.717, 1.165) is 57.2 Å². The fourth-order valence-electron chi connectivity index (χ4n) is 4.28. The van der Waals surface area contributed by atoms with Crippen LogP contribution >= 0.6 is 0 Å². The van der Waals surface area contributed by atoms with Crippen LogP contribution in [0, 0.1) is 5.92 Å². The van der Waals surface area contributed by atoms with Gasteiger partial charge in [0.15, 0.2) is 11.5 Å². The number of anilines is 1. The summed E-state index contributed by atoms with van der Waals surface area (Å²) in [5.41, 5.74) is 7.10. The third kappa shape index (κ3) is 3.56. The van der Waals surface area contributed by atoms with Gasteiger partial charge in [-0.25, -0.2) is 9.97 Å². The van der Waals surface area contributed by atoms with Crippen molar-refractivity contribution in [1.29, 1.82) is 0 Å². The van der Waals surface area contributed by atoms with Crippen LogP contribution in [0.3, 0.4) is 0 Å². The number of rotatable bonds is 5. The van der Waals surface area contributed by atoms with Gasteiger partial charge in [0.1, 0.15) is 11.2 Å². The van der Waals surface area contributed by atoms with Crippen LogP contribution in [0.25, 0.3) is 55.8 Å².